The van der Waals surface area contributed by atoms with Crippen LogP contribution in [-0.4, -0.2) is 86.8 Å². The van der Waals surface area contributed by atoms with Crippen LogP contribution in [-0.2, 0) is 23.9 Å². The molecule has 0 saturated carbocycles. The summed E-state index contributed by atoms with van der Waals surface area (Å²) in [5.74, 6) is -4.80. The van der Waals surface area contributed by atoms with Crippen molar-refractivity contribution in [1.29, 1.82) is 0 Å². The molecule has 1 aliphatic heterocycles. The molecule has 0 spiro atoms. The zero-order valence-electron chi connectivity index (χ0n) is 19.9. The van der Waals surface area contributed by atoms with Gasteiger partial charge in [0, 0.05) is 38.7 Å². The Kier molecular flexibility index (Phi) is 8.10. The Morgan fingerprint density at radius 1 is 1.33 bits per heavy atom. The minimum atomic E-state index is -3.02. The van der Waals surface area contributed by atoms with Gasteiger partial charge in [0.15, 0.2) is 6.23 Å². The number of esters is 1. The first-order chi connectivity index (χ1) is 16.9. The van der Waals surface area contributed by atoms with E-state index < -0.39 is 49.0 Å². The number of likely N-dealkylation sites (tertiary alicyclic amines) is 1. The van der Waals surface area contributed by atoms with Crippen LogP contribution in [0.25, 0.3) is 11.0 Å². The van der Waals surface area contributed by atoms with Crippen molar-refractivity contribution in [3.05, 3.63) is 18.6 Å². The first kappa shape index (κ1) is 26.8. The molecule has 14 nitrogen and oxygen atoms in total. The molecule has 1 saturated heterocycles. The molecule has 0 bridgehead atoms. The average Bonchev–Trinajstić information content (AvgIpc) is 3.27. The maximum atomic E-state index is 12.9. The van der Waals surface area contributed by atoms with Gasteiger partial charge in [-0.3, -0.25) is 15.3 Å². The van der Waals surface area contributed by atoms with Crippen molar-refractivity contribution in [2.45, 2.75) is 50.5 Å². The molecule has 0 aliphatic carbocycles. The lowest BCUT2D eigenvalue weighted by Crippen LogP contribution is -2.54. The first-order valence-electron chi connectivity index (χ1n) is 11.3. The number of carbonyl (C=O) groups is 4. The molecule has 3 rings (SSSR count). The Morgan fingerprint density at radius 3 is 2.72 bits per heavy atom. The number of fused-ring (bicyclic) bond motifs is 1. The van der Waals surface area contributed by atoms with Crippen LogP contribution in [0.5, 0.6) is 0 Å². The van der Waals surface area contributed by atoms with Crippen LogP contribution < -0.4 is 20.8 Å². The number of nitrogens with one attached hydrogen (secondary N) is 1. The van der Waals surface area contributed by atoms with E-state index in [9.17, 15) is 34.5 Å². The van der Waals surface area contributed by atoms with Gasteiger partial charge in [-0.1, -0.05) is 6.92 Å². The van der Waals surface area contributed by atoms with Crippen LogP contribution in [0.15, 0.2) is 18.6 Å². The zero-order chi connectivity index (χ0) is 26.6. The molecule has 3 heterocycles. The molecule has 196 valence electrons. The normalized spacial score (nSPS) is 20.4. The van der Waals surface area contributed by atoms with Gasteiger partial charge in [-0.15, -0.1) is 0 Å². The standard InChI is InChI=1S/C22H30N6O8/c1-12-4-6-28(10-14(12)27(2)20-13-3-5-24-19(13)25-11-26-20)16(29)7-15(23)36-18(32)9-22(35,21(33)34)8-17(30)31/h3,5,11-12,14-15,35H,4,6-10,23H2,1-2H3,(H,30,31)(H,33,34)(H,24,25,26)/p-2/t12-,14+,15?,22?/m1/s1. The summed E-state index contributed by atoms with van der Waals surface area (Å²) >= 11 is 0. The van der Waals surface area contributed by atoms with E-state index in [1.165, 1.54) is 6.33 Å². The fraction of sp³-hybridized carbons (Fsp3) is 0.545. The Bertz CT molecular complexity index is 1140. The van der Waals surface area contributed by atoms with Gasteiger partial charge in [-0.2, -0.15) is 0 Å². The summed E-state index contributed by atoms with van der Waals surface area (Å²) in [6.07, 6.45) is -0.493. The van der Waals surface area contributed by atoms with Crippen molar-refractivity contribution in [3.8, 4) is 0 Å². The molecule has 14 heteroatoms. The number of likely N-dealkylation sites (N-methyl/N-ethyl adjacent to an activating group) is 1. The highest BCUT2D eigenvalue weighted by atomic mass is 16.6. The Labute approximate surface area is 206 Å². The molecule has 4 atom stereocenters. The van der Waals surface area contributed by atoms with Crippen LogP contribution in [0, 0.1) is 5.92 Å². The molecule has 2 aromatic heterocycles. The van der Waals surface area contributed by atoms with E-state index >= 15 is 0 Å². The number of carbonyl (C=O) groups excluding carboxylic acids is 4. The van der Waals surface area contributed by atoms with Crippen molar-refractivity contribution in [3.63, 3.8) is 0 Å². The fourth-order valence-corrected chi connectivity index (χ4v) is 4.31. The van der Waals surface area contributed by atoms with Crippen LogP contribution in [0.4, 0.5) is 5.82 Å². The number of carboxylic acid groups (broad SMARTS) is 2. The lowest BCUT2D eigenvalue weighted by Gasteiger charge is -2.42. The third kappa shape index (κ3) is 6.07. The van der Waals surface area contributed by atoms with Gasteiger partial charge in [-0.05, 0) is 18.4 Å². The minimum Gasteiger partial charge on any atom is -0.550 e. The largest absolute Gasteiger partial charge is 0.550 e. The van der Waals surface area contributed by atoms with Crippen LogP contribution >= 0.6 is 0 Å². The van der Waals surface area contributed by atoms with E-state index in [1.807, 2.05) is 18.0 Å². The number of piperidine rings is 1. The van der Waals surface area contributed by atoms with Gasteiger partial charge in [0.05, 0.1) is 30.2 Å². The predicted octanol–water partition coefficient (Wildman–Crippen LogP) is -3.14. The number of aromatic nitrogens is 3. The summed E-state index contributed by atoms with van der Waals surface area (Å²) in [4.78, 5) is 61.9. The molecule has 1 aliphatic rings. The van der Waals surface area contributed by atoms with Gasteiger partial charge in [0.2, 0.25) is 5.91 Å². The third-order valence-electron chi connectivity index (χ3n) is 6.35. The van der Waals surface area contributed by atoms with Crippen molar-refractivity contribution in [2.24, 2.45) is 11.7 Å². The topological polar surface area (TPSA) is 218 Å². The Balaban J connectivity index is 1.60. The van der Waals surface area contributed by atoms with Gasteiger partial charge in [-0.25, -0.2) is 9.97 Å². The summed E-state index contributed by atoms with van der Waals surface area (Å²) in [7, 11) is 1.89. The maximum absolute atomic E-state index is 12.9. The number of aliphatic carboxylic acids is 2. The summed E-state index contributed by atoms with van der Waals surface area (Å²) in [5, 5.41) is 32.5. The number of hydrogen-bond donors (Lipinski definition) is 3. The van der Waals surface area contributed by atoms with E-state index in [0.29, 0.717) is 25.2 Å². The number of amides is 1. The number of nitrogens with two attached hydrogens (primary N) is 1. The van der Waals surface area contributed by atoms with Crippen molar-refractivity contribution in [2.75, 3.05) is 25.0 Å². The number of aromatic amines is 1. The van der Waals surface area contributed by atoms with Gasteiger partial charge >= 0.3 is 5.97 Å². The summed E-state index contributed by atoms with van der Waals surface area (Å²) < 4.78 is 4.84. The molecule has 0 aromatic carbocycles. The van der Waals surface area contributed by atoms with Crippen LogP contribution in [0.1, 0.15) is 32.6 Å². The molecule has 1 fully saturated rings. The lowest BCUT2D eigenvalue weighted by atomic mass is 9.92. The molecular weight excluding hydrogens is 476 g/mol. The second kappa shape index (κ2) is 10.9. The molecule has 0 radical (unpaired) electrons. The third-order valence-corrected chi connectivity index (χ3v) is 6.35. The summed E-state index contributed by atoms with van der Waals surface area (Å²) in [5.41, 5.74) is 3.42. The molecule has 2 unspecified atom stereocenters. The number of carboxylic acids is 2. The zero-order valence-corrected chi connectivity index (χ0v) is 19.9. The average molecular weight is 505 g/mol. The Hall–Kier alpha value is -3.78. The smallest absolute Gasteiger partial charge is 0.310 e. The van der Waals surface area contributed by atoms with E-state index in [1.54, 1.807) is 11.1 Å². The number of nitrogens with zero attached hydrogens (tertiary/aromatic N) is 4. The van der Waals surface area contributed by atoms with Crippen LogP contribution in [0.3, 0.4) is 0 Å². The predicted molar refractivity (Wildman–Crippen MR) is 119 cm³/mol. The molecule has 2 aromatic rings. The van der Waals surface area contributed by atoms with Crippen LogP contribution in [0.2, 0.25) is 0 Å². The van der Waals surface area contributed by atoms with Crippen molar-refractivity contribution < 1.29 is 39.2 Å². The Morgan fingerprint density at radius 2 is 2.06 bits per heavy atom. The molecule has 36 heavy (non-hydrogen) atoms. The molecule has 4 N–H and O–H groups in total. The number of H-pyrrole nitrogens is 1. The van der Waals surface area contributed by atoms with E-state index in [-0.39, 0.29) is 17.9 Å². The quantitative estimate of drug-likeness (QED) is 0.216. The number of ether oxygens (including phenoxy) is 1. The highest BCUT2D eigenvalue weighted by molar-refractivity contribution is 5.88. The monoisotopic (exact) mass is 504 g/mol. The van der Waals surface area contributed by atoms with Crippen molar-refractivity contribution in [1.82, 2.24) is 19.9 Å². The van der Waals surface area contributed by atoms with Gasteiger partial charge in [0.1, 0.15) is 23.4 Å². The second-order valence-corrected chi connectivity index (χ2v) is 9.00. The molecular formula is C22H28N6O8-2. The first-order valence-corrected chi connectivity index (χ1v) is 11.3. The number of aliphatic hydroxyl groups is 1. The minimum absolute atomic E-state index is 0.0721. The molecule has 1 amide bonds. The highest BCUT2D eigenvalue weighted by Crippen LogP contribution is 2.29. The van der Waals surface area contributed by atoms with E-state index in [2.05, 4.69) is 21.9 Å². The van der Waals surface area contributed by atoms with Crippen molar-refractivity contribution >= 4 is 40.7 Å². The fourth-order valence-electron chi connectivity index (χ4n) is 4.31. The van der Waals surface area contributed by atoms with E-state index in [4.69, 9.17) is 10.5 Å². The number of anilines is 1. The highest BCUT2D eigenvalue weighted by Gasteiger charge is 2.35. The number of rotatable bonds is 10. The van der Waals surface area contributed by atoms with Gasteiger partial charge in [0.25, 0.3) is 0 Å². The lowest BCUT2D eigenvalue weighted by molar-refractivity contribution is -0.333. The van der Waals surface area contributed by atoms with Gasteiger partial charge < -0.3 is 44.4 Å². The maximum Gasteiger partial charge on any atom is 0.310 e. The summed E-state index contributed by atoms with van der Waals surface area (Å²) in [6.45, 7) is 2.91. The summed E-state index contributed by atoms with van der Waals surface area (Å²) in [6, 6.07) is 1.80. The SMILES string of the molecule is C[C@@H]1CCN(C(=O)CC(N)OC(=O)CC(O)(CC(=O)[O-])C(=O)[O-])C[C@@H]1N(C)c1ncnc2[nH]ccc12. The van der Waals surface area contributed by atoms with E-state index in [0.717, 1.165) is 11.2 Å². The number of hydrogen-bond acceptors (Lipinski definition) is 12. The second-order valence-electron chi connectivity index (χ2n) is 9.00.